The van der Waals surface area contributed by atoms with Crippen molar-refractivity contribution in [2.45, 2.75) is 108 Å². The second kappa shape index (κ2) is 36.7. The standard InChI is InChI=1S/C67H86ClN3O28S5/c1-66(21-7-41-100(75,76)77)58(70(24-26-93-32-34-97-39-40-98-38-36-95-30-28-91-4)55-16-14-50-52(63(55)66)42-48(101(78,79)80)44-56(50)103(84,85)86)17-11-46-8-5-9-47(65(46)68)12-18-59-67(2,22-25-92-31-33-96-37-35-94-29-27-90-3)64-53-43-49(102(81,82)83)45-57(104(87,88)89)51(53)13-15-54(64)69(59)23-6-10-62(74)99-71-60(72)19-20-61(71)73/h11-18,42-45H,5-10,19-41H2,1-4H3,(H4-,75,76,77,78,79,80,81,82,83,84,85,86,87,88,89). The Hall–Kier alpha value is -6.08. The van der Waals surface area contributed by atoms with E-state index >= 15 is 0 Å². The minimum atomic E-state index is -5.45. The molecular weight excluding hydrogens is 1490 g/mol. The molecule has 3 heterocycles. The van der Waals surface area contributed by atoms with E-state index in [0.29, 0.717) is 116 Å². The van der Waals surface area contributed by atoms with E-state index in [1.165, 1.54) is 18.2 Å². The monoisotopic (exact) mass is 1580 g/mol. The molecule has 1 saturated heterocycles. The summed E-state index contributed by atoms with van der Waals surface area (Å²) in [6.07, 6.45) is 7.23. The second-order valence-corrected chi connectivity index (χ2v) is 32.5. The number of halogens is 1. The van der Waals surface area contributed by atoms with E-state index < -0.39 is 105 Å². The summed E-state index contributed by atoms with van der Waals surface area (Å²) in [4.78, 5) is 41.6. The lowest BCUT2D eigenvalue weighted by atomic mass is 9.74. The molecule has 0 radical (unpaired) electrons. The van der Waals surface area contributed by atoms with Crippen LogP contribution in [0.2, 0.25) is 0 Å². The highest BCUT2D eigenvalue weighted by molar-refractivity contribution is 7.87. The lowest BCUT2D eigenvalue weighted by Gasteiger charge is -2.31. The zero-order valence-corrected chi connectivity index (χ0v) is 62.6. The maximum Gasteiger partial charge on any atom is 0.333 e. The number of ether oxygens (including phenoxy) is 9. The van der Waals surface area contributed by atoms with E-state index in [1.54, 1.807) is 63.3 Å². The van der Waals surface area contributed by atoms with Crippen LogP contribution in [0.3, 0.4) is 0 Å². The Morgan fingerprint density at radius 1 is 0.577 bits per heavy atom. The molecule has 0 spiro atoms. The smallest absolute Gasteiger partial charge is 0.333 e. The quantitative estimate of drug-likeness (QED) is 0.0155. The first-order valence-corrected chi connectivity index (χ1v) is 40.9. The number of amides is 2. The Morgan fingerprint density at radius 2 is 1.09 bits per heavy atom. The maximum atomic E-state index is 13.4. The fourth-order valence-electron chi connectivity index (χ4n) is 13.1. The van der Waals surface area contributed by atoms with Crippen molar-refractivity contribution in [3.8, 4) is 0 Å². The first-order chi connectivity index (χ1) is 49.1. The van der Waals surface area contributed by atoms with Crippen molar-refractivity contribution >= 4 is 119 Å². The number of hydrogen-bond donors (Lipinski definition) is 4. The van der Waals surface area contributed by atoms with Crippen molar-refractivity contribution in [2.24, 2.45) is 0 Å². The van der Waals surface area contributed by atoms with Crippen molar-refractivity contribution in [3.63, 3.8) is 0 Å². The van der Waals surface area contributed by atoms with Crippen molar-refractivity contribution in [1.82, 2.24) is 5.06 Å². The molecule has 4 aliphatic rings. The van der Waals surface area contributed by atoms with E-state index in [-0.39, 0.29) is 156 Å². The number of nitrogens with zero attached hydrogens (tertiary/aromatic N) is 3. The zero-order valence-electron chi connectivity index (χ0n) is 57.8. The van der Waals surface area contributed by atoms with Gasteiger partial charge in [0, 0.05) is 91.6 Å². The maximum absolute atomic E-state index is 13.4. The number of carbonyl (C=O) groups is 3. The van der Waals surface area contributed by atoms with Gasteiger partial charge in [0.1, 0.15) is 21.6 Å². The van der Waals surface area contributed by atoms with Crippen molar-refractivity contribution < 1.29 is 131 Å². The van der Waals surface area contributed by atoms with Crippen LogP contribution in [-0.4, -0.2) is 237 Å². The first-order valence-electron chi connectivity index (χ1n) is 33.2. The van der Waals surface area contributed by atoms with Gasteiger partial charge in [-0.05, 0) is 134 Å². The highest BCUT2D eigenvalue weighted by atomic mass is 35.5. The SMILES string of the molecule is COCCOCCOCCOCCOCC[N+]1=C(/C=C/C2=C(Cl)C(=C/C=C3/N(CCCC(=O)ON4C(=O)CCC4=O)c4ccc5c(S(=O)(=O)[O-])cc(S(=O)(=O)O)cc5c4C3(C)CCOCCOCCOCCOC)/CCC2)C(C)(CCCS(=O)(=O)O)c2c1ccc1c(S(=O)(=O)O)cc(S(=O)(=O)O)cc21. The van der Waals surface area contributed by atoms with E-state index in [0.717, 1.165) is 12.1 Å². The fraction of sp³-hybridized carbons (Fsp3) is 0.522. The molecule has 4 aromatic carbocycles. The molecule has 4 aromatic rings. The minimum Gasteiger partial charge on any atom is -0.744 e. The van der Waals surface area contributed by atoms with Gasteiger partial charge < -0.3 is 56.9 Å². The highest BCUT2D eigenvalue weighted by Gasteiger charge is 2.50. The zero-order chi connectivity index (χ0) is 75.8. The van der Waals surface area contributed by atoms with Gasteiger partial charge in [0.05, 0.1) is 118 Å². The fourth-order valence-corrected chi connectivity index (χ4v) is 16.6. The van der Waals surface area contributed by atoms with Gasteiger partial charge in [0.2, 0.25) is 5.69 Å². The van der Waals surface area contributed by atoms with Crippen molar-refractivity contribution in [2.75, 3.05) is 144 Å². The molecule has 0 saturated carbocycles. The number of allylic oxidation sites excluding steroid dienone is 8. The van der Waals surface area contributed by atoms with Crippen LogP contribution in [0.25, 0.3) is 21.5 Å². The normalized spacial score (nSPS) is 19.2. The highest BCUT2D eigenvalue weighted by Crippen LogP contribution is 2.55. The van der Waals surface area contributed by atoms with Crippen LogP contribution < -0.4 is 4.90 Å². The van der Waals surface area contributed by atoms with E-state index in [4.69, 9.17) is 59.1 Å². The summed E-state index contributed by atoms with van der Waals surface area (Å²) >= 11 is 7.51. The minimum absolute atomic E-state index is 0.00817. The Kier molecular flexibility index (Phi) is 29.5. The summed E-state index contributed by atoms with van der Waals surface area (Å²) in [6.45, 7) is 7.31. The third-order valence-electron chi connectivity index (χ3n) is 17.9. The molecule has 4 N–H and O–H groups in total. The number of imide groups is 1. The summed E-state index contributed by atoms with van der Waals surface area (Å²) < 4.78 is 235. The van der Waals surface area contributed by atoms with Crippen LogP contribution in [0.15, 0.2) is 114 Å². The number of fused-ring (bicyclic) bond motifs is 6. The number of hydrogen-bond acceptors (Lipinski definition) is 25. The Morgan fingerprint density at radius 3 is 1.62 bits per heavy atom. The van der Waals surface area contributed by atoms with Crippen LogP contribution in [-0.2, 0) is 123 Å². The van der Waals surface area contributed by atoms with E-state index in [1.807, 2.05) is 4.58 Å². The van der Waals surface area contributed by atoms with Crippen LogP contribution in [0.4, 0.5) is 11.4 Å². The van der Waals surface area contributed by atoms with Gasteiger partial charge in [0.15, 0.2) is 12.3 Å². The molecule has 2 unspecified atom stereocenters. The molecule has 31 nitrogen and oxygen atoms in total. The second-order valence-electron chi connectivity index (χ2n) is 25.0. The lowest BCUT2D eigenvalue weighted by Crippen LogP contribution is -2.33. The number of anilines is 1. The van der Waals surface area contributed by atoms with Crippen LogP contribution >= 0.6 is 11.6 Å². The van der Waals surface area contributed by atoms with E-state index in [2.05, 4.69) is 0 Å². The molecule has 1 fully saturated rings. The molecule has 0 bridgehead atoms. The molecule has 2 atom stereocenters. The molecule has 0 aromatic heterocycles. The predicted molar refractivity (Wildman–Crippen MR) is 375 cm³/mol. The molecular formula is C67H86ClN3O28S5. The third-order valence-corrected chi connectivity index (χ3v) is 22.7. The van der Waals surface area contributed by atoms with Gasteiger partial charge in [0.25, 0.3) is 52.3 Å². The van der Waals surface area contributed by atoms with Crippen LogP contribution in [0.5, 0.6) is 0 Å². The van der Waals surface area contributed by atoms with Crippen molar-refractivity contribution in [3.05, 3.63) is 106 Å². The molecule has 3 aliphatic heterocycles. The number of benzene rings is 4. The van der Waals surface area contributed by atoms with Gasteiger partial charge in [-0.25, -0.2) is 13.2 Å². The molecule has 104 heavy (non-hydrogen) atoms. The molecule has 574 valence electrons. The topological polar surface area (TPSA) is 428 Å². The molecule has 1 aliphatic carbocycles. The Labute approximate surface area is 609 Å². The average Bonchev–Trinajstić information content (AvgIpc) is 1.54. The summed E-state index contributed by atoms with van der Waals surface area (Å²) in [5.41, 5.74) is 0.499. The summed E-state index contributed by atoms with van der Waals surface area (Å²) in [6, 6.07) is 9.03. The van der Waals surface area contributed by atoms with Crippen LogP contribution in [0, 0.1) is 0 Å². The number of carbonyl (C=O) groups excluding carboxylic acids is 3. The van der Waals surface area contributed by atoms with E-state index in [9.17, 15) is 79.2 Å². The summed E-state index contributed by atoms with van der Waals surface area (Å²) in [5.74, 6) is -3.05. The largest absolute Gasteiger partial charge is 0.744 e. The average molecular weight is 1580 g/mol. The Bertz CT molecular complexity index is 4580. The van der Waals surface area contributed by atoms with Crippen molar-refractivity contribution in [1.29, 1.82) is 0 Å². The first kappa shape index (κ1) is 83.6. The Balaban J connectivity index is 1.23. The van der Waals surface area contributed by atoms with Crippen LogP contribution in [0.1, 0.15) is 89.2 Å². The molecule has 37 heteroatoms. The molecule has 2 amide bonds. The van der Waals surface area contributed by atoms with Gasteiger partial charge in [-0.1, -0.05) is 29.8 Å². The number of methoxy groups -OCH3 is 2. The third kappa shape index (κ3) is 21.4. The lowest BCUT2D eigenvalue weighted by molar-refractivity contribution is -0.442. The number of hydroxylamine groups is 2. The van der Waals surface area contributed by atoms with Gasteiger partial charge in [-0.15, -0.1) is 5.06 Å². The predicted octanol–water partition coefficient (Wildman–Crippen LogP) is 6.67. The van der Waals surface area contributed by atoms with Gasteiger partial charge in [-0.3, -0.25) is 27.8 Å². The molecule has 8 rings (SSSR count). The van der Waals surface area contributed by atoms with Gasteiger partial charge in [-0.2, -0.15) is 38.2 Å². The number of rotatable bonds is 43. The summed E-state index contributed by atoms with van der Waals surface area (Å²) in [5, 5.41) is 0.236. The summed E-state index contributed by atoms with van der Waals surface area (Å²) in [7, 11) is -22.5. The van der Waals surface area contributed by atoms with Gasteiger partial charge >= 0.3 is 5.97 Å².